The number of hydrogen-bond acceptors (Lipinski definition) is 4. The monoisotopic (exact) mass is 350 g/mol. The minimum absolute atomic E-state index is 0.159. The number of anilines is 3. The molecule has 7 heteroatoms. The summed E-state index contributed by atoms with van der Waals surface area (Å²) < 4.78 is 40.4. The van der Waals surface area contributed by atoms with E-state index in [1.807, 2.05) is 6.92 Å². The predicted octanol–water partition coefficient (Wildman–Crippen LogP) is 4.71. The largest absolute Gasteiger partial charge is 0.338 e. The Morgan fingerprint density at radius 2 is 1.96 bits per heavy atom. The number of aromatic nitrogens is 2. The lowest BCUT2D eigenvalue weighted by atomic mass is 10.0. The Labute approximate surface area is 145 Å². The molecule has 0 spiro atoms. The molecule has 1 aromatic heterocycles. The normalized spacial score (nSPS) is 17.6. The number of rotatable bonds is 4. The molecule has 1 saturated heterocycles. The maximum Gasteiger partial charge on any atom is 0.227 e. The third-order valence-corrected chi connectivity index (χ3v) is 4.50. The summed E-state index contributed by atoms with van der Waals surface area (Å²) in [7, 11) is 0. The number of nitrogens with zero attached hydrogens (tertiary/aromatic N) is 3. The summed E-state index contributed by atoms with van der Waals surface area (Å²) in [6.07, 6.45) is 4.35. The van der Waals surface area contributed by atoms with Crippen LogP contribution >= 0.6 is 0 Å². The van der Waals surface area contributed by atoms with Crippen molar-refractivity contribution in [3.8, 4) is 0 Å². The molecule has 1 aliphatic rings. The van der Waals surface area contributed by atoms with Crippen LogP contribution in [0.3, 0.4) is 0 Å². The second-order valence-corrected chi connectivity index (χ2v) is 6.29. The van der Waals surface area contributed by atoms with Crippen LogP contribution in [0.25, 0.3) is 0 Å². The lowest BCUT2D eigenvalue weighted by Crippen LogP contribution is -2.40. The highest BCUT2D eigenvalue weighted by molar-refractivity contribution is 5.58. The van der Waals surface area contributed by atoms with Gasteiger partial charge in [0.15, 0.2) is 17.5 Å². The standard InChI is InChI=1S/C18H21F3N4/c1-3-12-6-4-5-9-25(12)18-22-11(2)10-15(24-18)23-14-8-7-13(19)16(20)17(14)21/h7-8,10,12H,3-6,9H2,1-2H3,(H,22,23,24). The van der Waals surface area contributed by atoms with Crippen LogP contribution in [0.4, 0.5) is 30.6 Å². The molecule has 25 heavy (non-hydrogen) atoms. The number of aryl methyl sites for hydroxylation is 1. The van der Waals surface area contributed by atoms with Gasteiger partial charge in [-0.15, -0.1) is 0 Å². The first-order chi connectivity index (χ1) is 12.0. The van der Waals surface area contributed by atoms with Crippen molar-refractivity contribution < 1.29 is 13.2 Å². The van der Waals surface area contributed by atoms with Crippen molar-refractivity contribution in [3.63, 3.8) is 0 Å². The summed E-state index contributed by atoms with van der Waals surface area (Å²) in [6.45, 7) is 4.83. The topological polar surface area (TPSA) is 41.1 Å². The highest BCUT2D eigenvalue weighted by atomic mass is 19.2. The van der Waals surface area contributed by atoms with Crippen molar-refractivity contribution in [1.29, 1.82) is 0 Å². The fourth-order valence-corrected chi connectivity index (χ4v) is 3.19. The lowest BCUT2D eigenvalue weighted by Gasteiger charge is -2.35. The van der Waals surface area contributed by atoms with Gasteiger partial charge < -0.3 is 10.2 Å². The van der Waals surface area contributed by atoms with E-state index in [9.17, 15) is 13.2 Å². The highest BCUT2D eigenvalue weighted by Crippen LogP contribution is 2.27. The van der Waals surface area contributed by atoms with Gasteiger partial charge >= 0.3 is 0 Å². The van der Waals surface area contributed by atoms with Gasteiger partial charge in [0.2, 0.25) is 5.95 Å². The molecule has 3 rings (SSSR count). The Kier molecular flexibility index (Phi) is 5.11. The second kappa shape index (κ2) is 7.29. The van der Waals surface area contributed by atoms with Gasteiger partial charge in [0.25, 0.3) is 0 Å². The highest BCUT2D eigenvalue weighted by Gasteiger charge is 2.24. The van der Waals surface area contributed by atoms with E-state index in [1.165, 1.54) is 6.42 Å². The molecular weight excluding hydrogens is 329 g/mol. The zero-order valence-electron chi connectivity index (χ0n) is 14.3. The molecular formula is C18H21F3N4. The maximum atomic E-state index is 13.9. The van der Waals surface area contributed by atoms with E-state index in [0.29, 0.717) is 17.8 Å². The third-order valence-electron chi connectivity index (χ3n) is 4.50. The Bertz CT molecular complexity index is 766. The quantitative estimate of drug-likeness (QED) is 0.811. The van der Waals surface area contributed by atoms with E-state index < -0.39 is 17.5 Å². The van der Waals surface area contributed by atoms with Crippen molar-refractivity contribution in [2.75, 3.05) is 16.8 Å². The molecule has 1 fully saturated rings. The summed E-state index contributed by atoms with van der Waals surface area (Å²) in [5.74, 6) is -3.05. The van der Waals surface area contributed by atoms with Crippen LogP contribution in [0.1, 0.15) is 38.3 Å². The van der Waals surface area contributed by atoms with Crippen molar-refractivity contribution in [2.45, 2.75) is 45.6 Å². The minimum atomic E-state index is -1.50. The van der Waals surface area contributed by atoms with E-state index >= 15 is 0 Å². The number of benzene rings is 1. The molecule has 134 valence electrons. The fourth-order valence-electron chi connectivity index (χ4n) is 3.19. The summed E-state index contributed by atoms with van der Waals surface area (Å²) in [4.78, 5) is 11.1. The number of piperidine rings is 1. The first kappa shape index (κ1) is 17.5. The lowest BCUT2D eigenvalue weighted by molar-refractivity contribution is 0.443. The summed E-state index contributed by atoms with van der Waals surface area (Å²) in [5.41, 5.74) is 0.560. The van der Waals surface area contributed by atoms with E-state index in [4.69, 9.17) is 0 Å². The van der Waals surface area contributed by atoms with E-state index in [1.54, 1.807) is 6.07 Å². The molecule has 0 radical (unpaired) electrons. The first-order valence-electron chi connectivity index (χ1n) is 8.52. The predicted molar refractivity (Wildman–Crippen MR) is 91.6 cm³/mol. The van der Waals surface area contributed by atoms with E-state index in [0.717, 1.165) is 43.6 Å². The molecule has 2 aromatic rings. The van der Waals surface area contributed by atoms with Gasteiger partial charge in [0.05, 0.1) is 5.69 Å². The first-order valence-corrected chi connectivity index (χ1v) is 8.52. The Balaban J connectivity index is 1.91. The van der Waals surface area contributed by atoms with Crippen molar-refractivity contribution in [3.05, 3.63) is 41.3 Å². The number of halogens is 3. The van der Waals surface area contributed by atoms with E-state index in [-0.39, 0.29) is 5.69 Å². The second-order valence-electron chi connectivity index (χ2n) is 6.29. The SMILES string of the molecule is CCC1CCCCN1c1nc(C)cc(Nc2ccc(F)c(F)c2F)n1. The minimum Gasteiger partial charge on any atom is -0.338 e. The van der Waals surface area contributed by atoms with Crippen molar-refractivity contribution >= 4 is 17.5 Å². The third kappa shape index (κ3) is 3.70. The summed E-state index contributed by atoms with van der Waals surface area (Å²) in [5, 5.41) is 2.73. The maximum absolute atomic E-state index is 13.9. The number of nitrogens with one attached hydrogen (secondary N) is 1. The van der Waals surface area contributed by atoms with Gasteiger partial charge in [-0.3, -0.25) is 0 Å². The van der Waals surface area contributed by atoms with Crippen LogP contribution in [-0.4, -0.2) is 22.6 Å². The Hall–Kier alpha value is -2.31. The Morgan fingerprint density at radius 3 is 2.72 bits per heavy atom. The molecule has 4 nitrogen and oxygen atoms in total. The van der Waals surface area contributed by atoms with Crippen LogP contribution in [0.15, 0.2) is 18.2 Å². The van der Waals surface area contributed by atoms with Crippen LogP contribution in [0, 0.1) is 24.4 Å². The van der Waals surface area contributed by atoms with Gasteiger partial charge in [-0.05, 0) is 44.7 Å². The van der Waals surface area contributed by atoms with Crippen LogP contribution in [0.2, 0.25) is 0 Å². The zero-order valence-corrected chi connectivity index (χ0v) is 14.3. The molecule has 0 amide bonds. The van der Waals surface area contributed by atoms with Gasteiger partial charge in [-0.2, -0.15) is 4.98 Å². The van der Waals surface area contributed by atoms with E-state index in [2.05, 4.69) is 27.1 Å². The van der Waals surface area contributed by atoms with Crippen LogP contribution in [-0.2, 0) is 0 Å². The molecule has 0 aliphatic carbocycles. The summed E-state index contributed by atoms with van der Waals surface area (Å²) in [6, 6.07) is 4.06. The van der Waals surface area contributed by atoms with Crippen LogP contribution in [0.5, 0.6) is 0 Å². The van der Waals surface area contributed by atoms with Gasteiger partial charge in [-0.1, -0.05) is 6.92 Å². The van der Waals surface area contributed by atoms with Crippen molar-refractivity contribution in [1.82, 2.24) is 9.97 Å². The zero-order chi connectivity index (χ0) is 18.0. The average molecular weight is 350 g/mol. The summed E-state index contributed by atoms with van der Waals surface area (Å²) >= 11 is 0. The molecule has 0 bridgehead atoms. The van der Waals surface area contributed by atoms with Crippen molar-refractivity contribution in [2.24, 2.45) is 0 Å². The van der Waals surface area contributed by atoms with Gasteiger partial charge in [0.1, 0.15) is 5.82 Å². The molecule has 1 atom stereocenters. The molecule has 1 N–H and O–H groups in total. The number of hydrogen-bond donors (Lipinski definition) is 1. The molecule has 2 heterocycles. The molecule has 1 aliphatic heterocycles. The molecule has 1 aromatic carbocycles. The molecule has 1 unspecified atom stereocenters. The van der Waals surface area contributed by atoms with Crippen LogP contribution < -0.4 is 10.2 Å². The molecule has 0 saturated carbocycles. The fraction of sp³-hybridized carbons (Fsp3) is 0.444. The van der Waals surface area contributed by atoms with Gasteiger partial charge in [-0.25, -0.2) is 18.2 Å². The average Bonchev–Trinajstić information content (AvgIpc) is 2.61. The van der Waals surface area contributed by atoms with Gasteiger partial charge in [0, 0.05) is 24.3 Å². The Morgan fingerprint density at radius 1 is 1.16 bits per heavy atom. The smallest absolute Gasteiger partial charge is 0.227 e.